The lowest BCUT2D eigenvalue weighted by Crippen LogP contribution is -2.32. The van der Waals surface area contributed by atoms with E-state index >= 15 is 0 Å². The molecule has 1 aromatic heterocycles. The molecule has 4 nitrogen and oxygen atoms in total. The average Bonchev–Trinajstić information content (AvgIpc) is 2.59. The van der Waals surface area contributed by atoms with Crippen LogP contribution in [-0.4, -0.2) is 27.5 Å². The summed E-state index contributed by atoms with van der Waals surface area (Å²) in [4.78, 5) is 20.6. The third kappa shape index (κ3) is 4.95. The summed E-state index contributed by atoms with van der Waals surface area (Å²) in [7, 11) is 0. The maximum Gasteiger partial charge on any atom is 0.280 e. The Balaban J connectivity index is 2.40. The fourth-order valence-electron chi connectivity index (χ4n) is 3.00. The zero-order valence-corrected chi connectivity index (χ0v) is 14.9. The molecule has 0 aliphatic rings. The second kappa shape index (κ2) is 8.85. The van der Waals surface area contributed by atoms with E-state index in [1.165, 1.54) is 0 Å². The first-order valence-electron chi connectivity index (χ1n) is 8.68. The van der Waals surface area contributed by atoms with Gasteiger partial charge in [-0.2, -0.15) is 0 Å². The molecule has 1 heterocycles. The minimum absolute atomic E-state index is 0.192. The van der Waals surface area contributed by atoms with Gasteiger partial charge in [-0.1, -0.05) is 44.5 Å². The summed E-state index contributed by atoms with van der Waals surface area (Å²) in [6.45, 7) is 8.01. The molecule has 2 rings (SSSR count). The molecule has 1 aromatic carbocycles. The quantitative estimate of drug-likeness (QED) is 0.769. The van der Waals surface area contributed by atoms with E-state index in [0.717, 1.165) is 31.0 Å². The molecule has 1 atom stereocenters. The summed E-state index contributed by atoms with van der Waals surface area (Å²) < 4.78 is 26.0. The lowest BCUT2D eigenvalue weighted by atomic mass is 10.0. The molecule has 136 valence electrons. The monoisotopic (exact) mass is 349 g/mol. The second-order valence-corrected chi connectivity index (χ2v) is 6.18. The molecule has 0 fully saturated rings. The van der Waals surface area contributed by atoms with Crippen LogP contribution in [0, 0.1) is 0 Å². The van der Waals surface area contributed by atoms with Gasteiger partial charge in [0.15, 0.2) is 0 Å². The summed E-state index contributed by atoms with van der Waals surface area (Å²) in [6.07, 6.45) is -0.582. The molecular weight excluding hydrogens is 324 g/mol. The summed E-state index contributed by atoms with van der Waals surface area (Å²) >= 11 is 0. The minimum atomic E-state index is -2.77. The molecule has 1 N–H and O–H groups in total. The first kappa shape index (κ1) is 19.2. The van der Waals surface area contributed by atoms with Crippen molar-refractivity contribution in [2.45, 2.75) is 52.6 Å². The highest BCUT2D eigenvalue weighted by atomic mass is 19.3. The fourth-order valence-corrected chi connectivity index (χ4v) is 3.00. The van der Waals surface area contributed by atoms with Crippen molar-refractivity contribution in [1.29, 1.82) is 0 Å². The number of nitrogens with zero attached hydrogens (tertiary/aromatic N) is 2. The van der Waals surface area contributed by atoms with E-state index in [9.17, 15) is 13.6 Å². The van der Waals surface area contributed by atoms with E-state index in [1.54, 1.807) is 6.07 Å². The Kier molecular flexibility index (Phi) is 6.82. The molecule has 6 heteroatoms. The molecule has 0 bridgehead atoms. The lowest BCUT2D eigenvalue weighted by molar-refractivity contribution is 0.146. The number of aromatic nitrogens is 2. The second-order valence-electron chi connectivity index (χ2n) is 6.18. The highest BCUT2D eigenvalue weighted by Crippen LogP contribution is 2.24. The molecule has 0 aliphatic heterocycles. The van der Waals surface area contributed by atoms with Crippen molar-refractivity contribution in [1.82, 2.24) is 14.9 Å². The van der Waals surface area contributed by atoms with Crippen molar-refractivity contribution in [2.24, 2.45) is 0 Å². The number of halogens is 2. The molecule has 0 spiro atoms. The van der Waals surface area contributed by atoms with Crippen LogP contribution in [0.2, 0.25) is 0 Å². The Morgan fingerprint density at radius 3 is 2.60 bits per heavy atom. The maximum atomic E-state index is 13.0. The Morgan fingerprint density at radius 1 is 1.24 bits per heavy atom. The van der Waals surface area contributed by atoms with Gasteiger partial charge in [-0.25, -0.2) is 13.8 Å². The van der Waals surface area contributed by atoms with Crippen molar-refractivity contribution in [3.05, 3.63) is 51.9 Å². The van der Waals surface area contributed by atoms with Gasteiger partial charge in [-0.15, -0.1) is 0 Å². The molecular formula is C19H25F2N3O. The Bertz CT molecular complexity index is 745. The molecule has 1 unspecified atom stereocenters. The number of H-pyrrole nitrogens is 1. The van der Waals surface area contributed by atoms with E-state index in [1.807, 2.05) is 18.2 Å². The van der Waals surface area contributed by atoms with E-state index in [2.05, 4.69) is 35.6 Å². The molecule has 0 radical (unpaired) electrons. The van der Waals surface area contributed by atoms with E-state index in [4.69, 9.17) is 0 Å². The van der Waals surface area contributed by atoms with Crippen LogP contribution in [0.15, 0.2) is 35.1 Å². The van der Waals surface area contributed by atoms with Gasteiger partial charge in [0.05, 0.1) is 0 Å². The third-order valence-corrected chi connectivity index (χ3v) is 4.37. The standard InChI is InChI=1S/C19H25F2N3O/c1-4-8-13(3)24(5-2)12-14-9-6-7-10-15(14)19-22-16(18(20)21)11-17(25)23-19/h6-7,9-11,13,18H,4-5,8,12H2,1-3H3,(H,22,23,25). The third-order valence-electron chi connectivity index (χ3n) is 4.37. The molecule has 0 saturated heterocycles. The van der Waals surface area contributed by atoms with Crippen molar-refractivity contribution in [3.8, 4) is 11.4 Å². The van der Waals surface area contributed by atoms with Crippen LogP contribution in [0.4, 0.5) is 8.78 Å². The Hall–Kier alpha value is -2.08. The number of alkyl halides is 2. The predicted octanol–water partition coefficient (Wildman–Crippen LogP) is 4.39. The van der Waals surface area contributed by atoms with Crippen molar-refractivity contribution in [3.63, 3.8) is 0 Å². The SMILES string of the molecule is CCCC(C)N(CC)Cc1ccccc1-c1nc(C(F)F)cc(=O)[nH]1. The number of aromatic amines is 1. The highest BCUT2D eigenvalue weighted by molar-refractivity contribution is 5.60. The average molecular weight is 349 g/mol. The van der Waals surface area contributed by atoms with E-state index < -0.39 is 17.7 Å². The molecule has 25 heavy (non-hydrogen) atoms. The number of rotatable bonds is 8. The molecule has 0 aliphatic carbocycles. The first-order valence-corrected chi connectivity index (χ1v) is 8.68. The fraction of sp³-hybridized carbons (Fsp3) is 0.474. The van der Waals surface area contributed by atoms with Gasteiger partial charge < -0.3 is 4.98 Å². The number of hydrogen-bond acceptors (Lipinski definition) is 3. The van der Waals surface area contributed by atoms with Crippen molar-refractivity contribution < 1.29 is 8.78 Å². The van der Waals surface area contributed by atoms with Gasteiger partial charge in [0, 0.05) is 24.2 Å². The summed E-state index contributed by atoms with van der Waals surface area (Å²) in [5, 5.41) is 0. The molecule has 2 aromatic rings. The van der Waals surface area contributed by atoms with Crippen LogP contribution in [0.1, 0.15) is 51.3 Å². The van der Waals surface area contributed by atoms with Gasteiger partial charge in [-0.05, 0) is 25.5 Å². The van der Waals surface area contributed by atoms with Crippen LogP contribution in [0.5, 0.6) is 0 Å². The topological polar surface area (TPSA) is 49.0 Å². The molecule has 0 amide bonds. The lowest BCUT2D eigenvalue weighted by Gasteiger charge is -2.28. The van der Waals surface area contributed by atoms with Crippen LogP contribution in [-0.2, 0) is 6.54 Å². The van der Waals surface area contributed by atoms with Crippen molar-refractivity contribution >= 4 is 0 Å². The van der Waals surface area contributed by atoms with Crippen LogP contribution in [0.25, 0.3) is 11.4 Å². The van der Waals surface area contributed by atoms with Crippen molar-refractivity contribution in [2.75, 3.05) is 6.54 Å². The number of nitrogens with one attached hydrogen (secondary N) is 1. The van der Waals surface area contributed by atoms with Gasteiger partial charge in [0.1, 0.15) is 11.5 Å². The summed E-state index contributed by atoms with van der Waals surface area (Å²) in [5.74, 6) is 0.192. The van der Waals surface area contributed by atoms with Gasteiger partial charge in [0.25, 0.3) is 12.0 Å². The van der Waals surface area contributed by atoms with Gasteiger partial charge in [0.2, 0.25) is 0 Å². The molecule has 0 saturated carbocycles. The largest absolute Gasteiger partial charge is 0.307 e. The van der Waals surface area contributed by atoms with Crippen LogP contribution >= 0.6 is 0 Å². The normalized spacial score (nSPS) is 12.8. The number of benzene rings is 1. The smallest absolute Gasteiger partial charge is 0.280 e. The zero-order valence-electron chi connectivity index (χ0n) is 14.9. The Labute approximate surface area is 146 Å². The summed E-state index contributed by atoms with van der Waals surface area (Å²) in [6, 6.07) is 8.75. The van der Waals surface area contributed by atoms with E-state index in [0.29, 0.717) is 18.2 Å². The summed E-state index contributed by atoms with van der Waals surface area (Å²) in [5.41, 5.74) is 0.577. The Morgan fingerprint density at radius 2 is 1.96 bits per heavy atom. The van der Waals surface area contributed by atoms with Crippen LogP contribution in [0.3, 0.4) is 0 Å². The predicted molar refractivity (Wildman–Crippen MR) is 95.7 cm³/mol. The highest BCUT2D eigenvalue weighted by Gasteiger charge is 2.17. The van der Waals surface area contributed by atoms with Crippen LogP contribution < -0.4 is 5.56 Å². The van der Waals surface area contributed by atoms with E-state index in [-0.39, 0.29) is 5.82 Å². The number of hydrogen-bond donors (Lipinski definition) is 1. The maximum absolute atomic E-state index is 13.0. The van der Waals surface area contributed by atoms with Gasteiger partial charge >= 0.3 is 0 Å². The van der Waals surface area contributed by atoms with Gasteiger partial charge in [-0.3, -0.25) is 9.69 Å². The zero-order chi connectivity index (χ0) is 18.4. The first-order chi connectivity index (χ1) is 12.0. The minimum Gasteiger partial charge on any atom is -0.307 e.